The van der Waals surface area contributed by atoms with E-state index in [4.69, 9.17) is 14.8 Å². The molecule has 9 heteroatoms. The Labute approximate surface area is 258 Å². The highest BCUT2D eigenvalue weighted by atomic mass is 31.2. The number of hydrogen-bond donors (Lipinski definition) is 4. The second-order valence-corrected chi connectivity index (χ2v) is 13.2. The van der Waals surface area contributed by atoms with Crippen molar-refractivity contribution in [3.63, 3.8) is 0 Å². The van der Waals surface area contributed by atoms with Gasteiger partial charge in [-0.2, -0.15) is 0 Å². The molecule has 1 unspecified atom stereocenters. The van der Waals surface area contributed by atoms with Crippen molar-refractivity contribution in [1.82, 2.24) is 5.32 Å². The van der Waals surface area contributed by atoms with E-state index in [0.29, 0.717) is 6.42 Å². The van der Waals surface area contributed by atoms with Crippen molar-refractivity contribution in [3.05, 3.63) is 12.2 Å². The number of carbonyl (C=O) groups excluding carboxylic acids is 1. The Hall–Kier alpha value is -0.760. The van der Waals surface area contributed by atoms with Gasteiger partial charge in [0.2, 0.25) is 5.91 Å². The van der Waals surface area contributed by atoms with E-state index in [-0.39, 0.29) is 25.7 Å². The fraction of sp³-hybridized carbons (Fsp3) is 0.909. The monoisotopic (exact) mass is 618 g/mol. The van der Waals surface area contributed by atoms with Crippen LogP contribution in [0, 0.1) is 0 Å². The highest BCUT2D eigenvalue weighted by molar-refractivity contribution is 7.47. The van der Waals surface area contributed by atoms with Crippen molar-refractivity contribution in [3.8, 4) is 0 Å². The second-order valence-electron chi connectivity index (χ2n) is 11.7. The van der Waals surface area contributed by atoms with Crippen LogP contribution < -0.4 is 11.1 Å². The van der Waals surface area contributed by atoms with Crippen LogP contribution in [0.3, 0.4) is 0 Å². The Morgan fingerprint density at radius 2 is 1.21 bits per heavy atom. The third-order valence-electron chi connectivity index (χ3n) is 7.61. The van der Waals surface area contributed by atoms with Crippen LogP contribution in [0.5, 0.6) is 0 Å². The molecule has 0 aliphatic rings. The van der Waals surface area contributed by atoms with Gasteiger partial charge < -0.3 is 21.1 Å². The number of aliphatic hydroxyl groups is 1. The predicted octanol–water partition coefficient (Wildman–Crippen LogP) is 8.49. The zero-order chi connectivity index (χ0) is 31.2. The predicted molar refractivity (Wildman–Crippen MR) is 175 cm³/mol. The number of aliphatic hydroxyl groups excluding tert-OH is 1. The molecule has 250 valence electrons. The molecule has 0 fully saturated rings. The van der Waals surface area contributed by atoms with Gasteiger partial charge in [-0.1, -0.05) is 148 Å². The van der Waals surface area contributed by atoms with Crippen LogP contribution in [0.15, 0.2) is 12.2 Å². The number of phosphoric ester groups is 1. The first-order chi connectivity index (χ1) is 20.4. The zero-order valence-electron chi connectivity index (χ0n) is 27.2. The minimum absolute atomic E-state index is 0.0805. The Kier molecular flexibility index (Phi) is 29.7. The van der Waals surface area contributed by atoms with Gasteiger partial charge in [0.1, 0.15) is 0 Å². The van der Waals surface area contributed by atoms with E-state index >= 15 is 0 Å². The summed E-state index contributed by atoms with van der Waals surface area (Å²) in [5, 5.41) is 13.5. The summed E-state index contributed by atoms with van der Waals surface area (Å²) in [4.78, 5) is 22.4. The van der Waals surface area contributed by atoms with Crippen LogP contribution in [-0.4, -0.2) is 47.8 Å². The summed E-state index contributed by atoms with van der Waals surface area (Å²) in [6.07, 6.45) is 29.8. The van der Waals surface area contributed by atoms with Crippen LogP contribution >= 0.6 is 7.82 Å². The number of rotatable bonds is 32. The molecule has 42 heavy (non-hydrogen) atoms. The summed E-state index contributed by atoms with van der Waals surface area (Å²) in [5.41, 5.74) is 5.33. The molecule has 0 saturated heterocycles. The second kappa shape index (κ2) is 30.3. The molecule has 8 nitrogen and oxygen atoms in total. The summed E-state index contributed by atoms with van der Waals surface area (Å²) in [6.45, 7) is 4.07. The maximum atomic E-state index is 12.5. The molecule has 3 atom stereocenters. The van der Waals surface area contributed by atoms with Crippen molar-refractivity contribution in [2.45, 2.75) is 174 Å². The molecule has 0 rings (SSSR count). The Balaban J connectivity index is 4.29. The lowest BCUT2D eigenvalue weighted by Gasteiger charge is -2.23. The molecule has 0 aromatic rings. The maximum Gasteiger partial charge on any atom is 0.472 e. The number of carbonyl (C=O) groups is 1. The molecule has 1 amide bonds. The van der Waals surface area contributed by atoms with Crippen molar-refractivity contribution in [1.29, 1.82) is 0 Å². The molecule has 5 N–H and O–H groups in total. The molecular weight excluding hydrogens is 551 g/mol. The molecule has 0 aromatic carbocycles. The Morgan fingerprint density at radius 1 is 0.762 bits per heavy atom. The smallest absolute Gasteiger partial charge is 0.387 e. The van der Waals surface area contributed by atoms with E-state index in [1.54, 1.807) is 6.08 Å². The van der Waals surface area contributed by atoms with Crippen molar-refractivity contribution < 1.29 is 28.4 Å². The fourth-order valence-electron chi connectivity index (χ4n) is 4.95. The average molecular weight is 619 g/mol. The van der Waals surface area contributed by atoms with Crippen molar-refractivity contribution in [2.75, 3.05) is 19.8 Å². The van der Waals surface area contributed by atoms with Gasteiger partial charge in [-0.25, -0.2) is 4.57 Å². The van der Waals surface area contributed by atoms with E-state index in [0.717, 1.165) is 38.5 Å². The van der Waals surface area contributed by atoms with Crippen LogP contribution in [-0.2, 0) is 18.4 Å². The van der Waals surface area contributed by atoms with Crippen LogP contribution in [0.4, 0.5) is 0 Å². The van der Waals surface area contributed by atoms with Gasteiger partial charge in [-0.05, 0) is 19.3 Å². The van der Waals surface area contributed by atoms with Crippen LogP contribution in [0.1, 0.15) is 162 Å². The first kappa shape index (κ1) is 41.2. The third-order valence-corrected chi connectivity index (χ3v) is 8.60. The lowest BCUT2D eigenvalue weighted by atomic mass is 10.0. The summed E-state index contributed by atoms with van der Waals surface area (Å²) in [6, 6.07) is -0.850. The number of allylic oxidation sites excluding steroid dienone is 1. The third kappa shape index (κ3) is 28.0. The van der Waals surface area contributed by atoms with Crippen LogP contribution in [0.2, 0.25) is 0 Å². The summed E-state index contributed by atoms with van der Waals surface area (Å²) >= 11 is 0. The number of nitrogens with two attached hydrogens (primary N) is 1. The van der Waals surface area contributed by atoms with E-state index in [1.165, 1.54) is 103 Å². The number of nitrogens with one attached hydrogen (secondary N) is 1. The molecule has 0 aromatic heterocycles. The summed E-state index contributed by atoms with van der Waals surface area (Å²) in [5.74, 6) is -0.202. The first-order valence-electron chi connectivity index (χ1n) is 17.3. The van der Waals surface area contributed by atoms with Crippen LogP contribution in [0.25, 0.3) is 0 Å². The molecule has 0 spiro atoms. The van der Waals surface area contributed by atoms with E-state index in [2.05, 4.69) is 19.2 Å². The normalized spacial score (nSPS) is 14.7. The van der Waals surface area contributed by atoms with Crippen molar-refractivity contribution >= 4 is 13.7 Å². The lowest BCUT2D eigenvalue weighted by molar-refractivity contribution is -0.123. The molecule has 0 aliphatic heterocycles. The van der Waals surface area contributed by atoms with E-state index in [1.807, 2.05) is 6.08 Å². The molecule has 0 bridgehead atoms. The SMILES string of the molecule is CCCCCCCCCCCCCCCC/C=C/[C@@H](O)[C@H](COP(=O)(O)OCCN)NC(=O)CCCCCCCCC. The van der Waals surface area contributed by atoms with Gasteiger partial charge in [0.25, 0.3) is 0 Å². The Morgan fingerprint density at radius 3 is 1.69 bits per heavy atom. The van der Waals surface area contributed by atoms with Gasteiger partial charge in [0.05, 0.1) is 25.4 Å². The molecular formula is C33H67N2O6P. The quantitative estimate of drug-likeness (QED) is 0.0338. The van der Waals surface area contributed by atoms with Gasteiger partial charge in [-0.15, -0.1) is 0 Å². The molecule has 0 radical (unpaired) electrons. The van der Waals surface area contributed by atoms with Gasteiger partial charge in [-0.3, -0.25) is 13.8 Å². The number of phosphoric acid groups is 1. The zero-order valence-corrected chi connectivity index (χ0v) is 28.1. The van der Waals surface area contributed by atoms with E-state index in [9.17, 15) is 19.4 Å². The minimum atomic E-state index is -4.32. The maximum absolute atomic E-state index is 12.5. The van der Waals surface area contributed by atoms with Gasteiger partial charge in [0, 0.05) is 13.0 Å². The number of unbranched alkanes of at least 4 members (excludes halogenated alkanes) is 20. The summed E-state index contributed by atoms with van der Waals surface area (Å²) in [7, 11) is -4.32. The average Bonchev–Trinajstić information content (AvgIpc) is 2.97. The number of amides is 1. The standard InChI is InChI=1S/C33H67N2O6P/c1-3-5-7-9-11-12-13-14-15-16-17-18-19-21-22-24-26-32(36)31(30-41-42(38,39)40-29-28-34)35-33(37)27-25-23-20-10-8-6-4-2/h24,26,31-32,36H,3-23,25,27-30,34H2,1-2H3,(H,35,37)(H,38,39)/b26-24+/t31-,32+/m0/s1. The minimum Gasteiger partial charge on any atom is -0.387 e. The largest absolute Gasteiger partial charge is 0.472 e. The highest BCUT2D eigenvalue weighted by Gasteiger charge is 2.26. The fourth-order valence-corrected chi connectivity index (χ4v) is 5.71. The molecule has 0 heterocycles. The van der Waals surface area contributed by atoms with Gasteiger partial charge >= 0.3 is 7.82 Å². The lowest BCUT2D eigenvalue weighted by Crippen LogP contribution is -2.45. The Bertz CT molecular complexity index is 679. The molecule has 0 aliphatic carbocycles. The van der Waals surface area contributed by atoms with Crippen molar-refractivity contribution in [2.24, 2.45) is 5.73 Å². The highest BCUT2D eigenvalue weighted by Crippen LogP contribution is 2.43. The van der Waals surface area contributed by atoms with E-state index < -0.39 is 20.0 Å². The van der Waals surface area contributed by atoms with Gasteiger partial charge in [0.15, 0.2) is 0 Å². The first-order valence-corrected chi connectivity index (χ1v) is 18.8. The summed E-state index contributed by atoms with van der Waals surface area (Å²) < 4.78 is 21.9. The number of hydrogen-bond acceptors (Lipinski definition) is 6. The topological polar surface area (TPSA) is 131 Å². The molecule has 0 saturated carbocycles.